The molecule has 0 aliphatic rings. The van der Waals surface area contributed by atoms with Crippen molar-refractivity contribution in [2.24, 2.45) is 0 Å². The molecule has 5 nitrogen and oxygen atoms in total. The first-order chi connectivity index (χ1) is 9.04. The molecule has 0 saturated heterocycles. The van der Waals surface area contributed by atoms with E-state index in [1.165, 1.54) is 6.07 Å². The number of hydrogen-bond donors (Lipinski definition) is 1. The molecule has 0 bridgehead atoms. The van der Waals surface area contributed by atoms with E-state index in [2.05, 4.69) is 34.7 Å². The number of nitro groups is 1. The molecule has 0 radical (unpaired) electrons. The van der Waals surface area contributed by atoms with E-state index in [9.17, 15) is 10.1 Å². The fourth-order valence-electron chi connectivity index (χ4n) is 1.50. The van der Waals surface area contributed by atoms with Crippen molar-refractivity contribution in [1.29, 1.82) is 0 Å². The van der Waals surface area contributed by atoms with E-state index < -0.39 is 4.92 Å². The lowest BCUT2D eigenvalue weighted by molar-refractivity contribution is -0.385. The molecule has 1 aromatic carbocycles. The summed E-state index contributed by atoms with van der Waals surface area (Å²) in [6.45, 7) is 7.39. The van der Waals surface area contributed by atoms with E-state index in [1.807, 2.05) is 6.07 Å². The van der Waals surface area contributed by atoms with Gasteiger partial charge in [-0.1, -0.05) is 35.5 Å². The summed E-state index contributed by atoms with van der Waals surface area (Å²) in [5.41, 5.74) is 0.842. The number of nitrogens with zero attached hydrogens (tertiary/aromatic N) is 1. The van der Waals surface area contributed by atoms with Crippen molar-refractivity contribution in [3.05, 3.63) is 44.9 Å². The van der Waals surface area contributed by atoms with E-state index in [1.54, 1.807) is 6.07 Å². The number of rotatable bonds is 8. The molecular weight excluding hydrogens is 312 g/mol. The Bertz CT molecular complexity index is 463. The highest BCUT2D eigenvalue weighted by Crippen LogP contribution is 2.28. The monoisotopic (exact) mass is 328 g/mol. The van der Waals surface area contributed by atoms with Gasteiger partial charge in [-0.3, -0.25) is 10.1 Å². The highest BCUT2D eigenvalue weighted by Gasteiger charge is 2.16. The predicted molar refractivity (Wildman–Crippen MR) is 78.7 cm³/mol. The molecule has 0 fully saturated rings. The molecule has 1 rings (SSSR count). The van der Waals surface area contributed by atoms with Crippen molar-refractivity contribution in [2.75, 3.05) is 13.2 Å². The number of benzene rings is 1. The lowest BCUT2D eigenvalue weighted by Crippen LogP contribution is -2.14. The Morgan fingerprint density at radius 2 is 2.32 bits per heavy atom. The molecule has 0 aliphatic heterocycles. The average Bonchev–Trinajstić information content (AvgIpc) is 2.37. The molecular formula is C13H17BrN2O3. The van der Waals surface area contributed by atoms with Crippen LogP contribution in [0.1, 0.15) is 18.9 Å². The second-order valence-electron chi connectivity index (χ2n) is 4.04. The minimum atomic E-state index is -0.435. The van der Waals surface area contributed by atoms with Crippen molar-refractivity contribution >= 4 is 21.6 Å². The number of ether oxygens (including phenoxy) is 1. The van der Waals surface area contributed by atoms with Crippen LogP contribution in [0.3, 0.4) is 0 Å². The fraction of sp³-hybridized carbons (Fsp3) is 0.385. The van der Waals surface area contributed by atoms with Crippen LogP contribution in [0.15, 0.2) is 29.3 Å². The minimum absolute atomic E-state index is 0.0236. The Hall–Kier alpha value is -1.40. The lowest BCUT2D eigenvalue weighted by Gasteiger charge is -2.08. The van der Waals surface area contributed by atoms with E-state index in [4.69, 9.17) is 4.74 Å². The summed E-state index contributed by atoms with van der Waals surface area (Å²) >= 11 is 3.15. The number of nitrogens with one attached hydrogen (secondary N) is 1. The SMILES string of the molecule is C=C(Br)COc1ccc(CNCCC)cc1[N+](=O)[O-]. The van der Waals surface area contributed by atoms with Gasteiger partial charge in [-0.15, -0.1) is 0 Å². The third kappa shape index (κ3) is 5.40. The molecule has 1 aromatic rings. The zero-order valence-electron chi connectivity index (χ0n) is 10.8. The highest BCUT2D eigenvalue weighted by molar-refractivity contribution is 9.11. The molecule has 0 aromatic heterocycles. The van der Waals surface area contributed by atoms with Gasteiger partial charge in [-0.2, -0.15) is 0 Å². The third-order valence-corrected chi connectivity index (χ3v) is 2.59. The van der Waals surface area contributed by atoms with Gasteiger partial charge >= 0.3 is 5.69 Å². The third-order valence-electron chi connectivity index (χ3n) is 2.36. The minimum Gasteiger partial charge on any atom is -0.481 e. The summed E-state index contributed by atoms with van der Waals surface area (Å²) in [5.74, 6) is 0.254. The molecule has 0 spiro atoms. The van der Waals surface area contributed by atoms with Gasteiger partial charge in [-0.25, -0.2) is 0 Å². The Labute approximate surface area is 120 Å². The molecule has 0 heterocycles. The lowest BCUT2D eigenvalue weighted by atomic mass is 10.2. The average molecular weight is 329 g/mol. The molecule has 0 amide bonds. The van der Waals surface area contributed by atoms with Crippen molar-refractivity contribution in [2.45, 2.75) is 19.9 Å². The van der Waals surface area contributed by atoms with Crippen molar-refractivity contribution in [3.63, 3.8) is 0 Å². The molecule has 0 saturated carbocycles. The first-order valence-electron chi connectivity index (χ1n) is 5.98. The Morgan fingerprint density at radius 3 is 2.89 bits per heavy atom. The van der Waals surface area contributed by atoms with Gasteiger partial charge in [0.1, 0.15) is 6.61 Å². The van der Waals surface area contributed by atoms with E-state index in [0.717, 1.165) is 18.5 Å². The first-order valence-corrected chi connectivity index (χ1v) is 6.78. The van der Waals surface area contributed by atoms with Gasteiger partial charge in [0.2, 0.25) is 0 Å². The Balaban J connectivity index is 2.82. The van der Waals surface area contributed by atoms with Gasteiger partial charge in [-0.05, 0) is 24.6 Å². The van der Waals surface area contributed by atoms with Crippen LogP contribution in [0, 0.1) is 10.1 Å². The maximum absolute atomic E-state index is 11.0. The number of hydrogen-bond acceptors (Lipinski definition) is 4. The summed E-state index contributed by atoms with van der Waals surface area (Å²) in [6.07, 6.45) is 1.02. The topological polar surface area (TPSA) is 64.4 Å². The molecule has 19 heavy (non-hydrogen) atoms. The van der Waals surface area contributed by atoms with Gasteiger partial charge in [0, 0.05) is 17.1 Å². The molecule has 1 N–H and O–H groups in total. The summed E-state index contributed by atoms with van der Waals surface area (Å²) in [7, 11) is 0. The zero-order valence-corrected chi connectivity index (χ0v) is 12.4. The summed E-state index contributed by atoms with van der Waals surface area (Å²) < 4.78 is 5.97. The first kappa shape index (κ1) is 15.7. The maximum Gasteiger partial charge on any atom is 0.311 e. The van der Waals surface area contributed by atoms with Crippen LogP contribution in [0.25, 0.3) is 0 Å². The van der Waals surface area contributed by atoms with Crippen LogP contribution < -0.4 is 10.1 Å². The zero-order chi connectivity index (χ0) is 14.3. The van der Waals surface area contributed by atoms with E-state index in [-0.39, 0.29) is 18.0 Å². The van der Waals surface area contributed by atoms with Crippen molar-refractivity contribution in [3.8, 4) is 5.75 Å². The van der Waals surface area contributed by atoms with Gasteiger partial charge < -0.3 is 10.1 Å². The summed E-state index contributed by atoms with van der Waals surface area (Å²) in [6, 6.07) is 4.98. The second kappa shape index (κ2) is 7.91. The standard InChI is InChI=1S/C13H17BrN2O3/c1-3-6-15-8-11-4-5-13(19-9-10(2)14)12(7-11)16(17)18/h4-5,7,15H,2-3,6,8-9H2,1H3. The smallest absolute Gasteiger partial charge is 0.311 e. The van der Waals surface area contributed by atoms with Crippen molar-refractivity contribution in [1.82, 2.24) is 5.32 Å². The van der Waals surface area contributed by atoms with Crippen LogP contribution >= 0.6 is 15.9 Å². The van der Waals surface area contributed by atoms with Crippen LogP contribution in [-0.4, -0.2) is 18.1 Å². The Kier molecular flexibility index (Phi) is 6.52. The molecule has 0 atom stereocenters. The van der Waals surface area contributed by atoms with Gasteiger partial charge in [0.05, 0.1) is 4.92 Å². The van der Waals surface area contributed by atoms with Crippen molar-refractivity contribution < 1.29 is 9.66 Å². The van der Waals surface area contributed by atoms with E-state index in [0.29, 0.717) is 11.0 Å². The molecule has 0 unspecified atom stereocenters. The maximum atomic E-state index is 11.0. The van der Waals surface area contributed by atoms with Crippen LogP contribution in [0.4, 0.5) is 5.69 Å². The quantitative estimate of drug-likeness (QED) is 0.451. The van der Waals surface area contributed by atoms with Crippen LogP contribution in [-0.2, 0) is 6.54 Å². The normalized spacial score (nSPS) is 10.2. The van der Waals surface area contributed by atoms with Crippen LogP contribution in [0.5, 0.6) is 5.75 Å². The number of nitro benzene ring substituents is 1. The Morgan fingerprint density at radius 1 is 1.58 bits per heavy atom. The predicted octanol–water partition coefficient (Wildman–Crippen LogP) is 3.38. The molecule has 0 aliphatic carbocycles. The summed E-state index contributed by atoms with van der Waals surface area (Å²) in [5, 5.41) is 14.2. The second-order valence-corrected chi connectivity index (χ2v) is 5.16. The number of halogens is 1. The fourth-order valence-corrected chi connectivity index (χ4v) is 1.62. The van der Waals surface area contributed by atoms with Crippen LogP contribution in [0.2, 0.25) is 0 Å². The molecule has 6 heteroatoms. The largest absolute Gasteiger partial charge is 0.481 e. The van der Waals surface area contributed by atoms with E-state index >= 15 is 0 Å². The van der Waals surface area contributed by atoms with Gasteiger partial charge in [0.25, 0.3) is 0 Å². The van der Waals surface area contributed by atoms with Gasteiger partial charge in [0.15, 0.2) is 5.75 Å². The summed E-state index contributed by atoms with van der Waals surface area (Å²) in [4.78, 5) is 10.6. The highest BCUT2D eigenvalue weighted by atomic mass is 79.9. The molecule has 104 valence electrons.